The summed E-state index contributed by atoms with van der Waals surface area (Å²) < 4.78 is 37.8. The van der Waals surface area contributed by atoms with Crippen LogP contribution in [0.4, 0.5) is 0 Å². The zero-order chi connectivity index (χ0) is 30.5. The molecule has 0 unspecified atom stereocenters. The lowest BCUT2D eigenvalue weighted by molar-refractivity contribution is -0.207. The fourth-order valence-corrected chi connectivity index (χ4v) is 7.11. The van der Waals surface area contributed by atoms with Crippen molar-refractivity contribution in [1.82, 2.24) is 0 Å². The van der Waals surface area contributed by atoms with Gasteiger partial charge in [-0.25, -0.2) is 9.59 Å². The Balaban J connectivity index is 1.56. The van der Waals surface area contributed by atoms with E-state index in [0.29, 0.717) is 0 Å². The van der Waals surface area contributed by atoms with Gasteiger partial charge >= 0.3 is 11.9 Å². The van der Waals surface area contributed by atoms with Crippen LogP contribution in [0.2, 0.25) is 19.6 Å². The Labute approximate surface area is 253 Å². The Bertz CT molecular complexity index is 1390. The van der Waals surface area contributed by atoms with E-state index in [-0.39, 0.29) is 26.4 Å². The number of hydrogen-bond donors (Lipinski definition) is 0. The summed E-state index contributed by atoms with van der Waals surface area (Å²) in [6, 6.07) is 28.6. The number of ether oxygens (including phenoxy) is 5. The van der Waals surface area contributed by atoms with Crippen molar-refractivity contribution in [1.29, 1.82) is 0 Å². The van der Waals surface area contributed by atoms with Gasteiger partial charge in [0.25, 0.3) is 5.60 Å². The van der Waals surface area contributed by atoms with Gasteiger partial charge in [-0.15, -0.1) is 0 Å². The first-order valence-electron chi connectivity index (χ1n) is 14.4. The van der Waals surface area contributed by atoms with E-state index in [9.17, 15) is 9.59 Å². The first kappa shape index (κ1) is 30.8. The Kier molecular flexibility index (Phi) is 9.29. The van der Waals surface area contributed by atoms with Gasteiger partial charge in [-0.2, -0.15) is 0 Å². The van der Waals surface area contributed by atoms with Crippen molar-refractivity contribution >= 4 is 20.3 Å². The van der Waals surface area contributed by atoms with Crippen LogP contribution >= 0.6 is 0 Å². The van der Waals surface area contributed by atoms with Crippen LogP contribution in [0.15, 0.2) is 104 Å². The fraction of sp³-hybridized carbons (Fsp3) is 0.353. The molecule has 3 aromatic carbocycles. The fourth-order valence-electron chi connectivity index (χ4n) is 5.69. The molecule has 8 nitrogen and oxygen atoms in total. The molecule has 0 saturated carbocycles. The van der Waals surface area contributed by atoms with E-state index in [1.54, 1.807) is 0 Å². The Hall–Kier alpha value is -3.60. The maximum absolute atomic E-state index is 14.1. The molecule has 0 bridgehead atoms. The molecule has 2 aliphatic heterocycles. The highest BCUT2D eigenvalue weighted by Gasteiger charge is 2.80. The third-order valence-corrected chi connectivity index (χ3v) is 8.45. The van der Waals surface area contributed by atoms with Gasteiger partial charge in [0.15, 0.2) is 26.1 Å². The summed E-state index contributed by atoms with van der Waals surface area (Å²) in [7, 11) is -2.48. The summed E-state index contributed by atoms with van der Waals surface area (Å²) in [5.74, 6) is -1.52. The molecular weight excluding hydrogens is 564 g/mol. The summed E-state index contributed by atoms with van der Waals surface area (Å²) in [4.78, 5) is 27.8. The number of benzene rings is 3. The largest absolute Gasteiger partial charge is 0.452 e. The topological polar surface area (TPSA) is 89.5 Å². The van der Waals surface area contributed by atoms with Crippen LogP contribution in [0, 0.1) is 0 Å². The molecule has 0 aromatic heterocycles. The van der Waals surface area contributed by atoms with Gasteiger partial charge in [0.05, 0.1) is 26.4 Å². The van der Waals surface area contributed by atoms with Crippen LogP contribution in [0.1, 0.15) is 16.7 Å². The van der Waals surface area contributed by atoms with Gasteiger partial charge in [0.2, 0.25) is 0 Å². The molecule has 5 atom stereocenters. The van der Waals surface area contributed by atoms with Gasteiger partial charge in [0, 0.05) is 0 Å². The molecule has 0 aliphatic carbocycles. The van der Waals surface area contributed by atoms with E-state index in [2.05, 4.69) is 6.58 Å². The van der Waals surface area contributed by atoms with Crippen molar-refractivity contribution in [2.75, 3.05) is 6.61 Å². The van der Waals surface area contributed by atoms with Crippen LogP contribution in [-0.2, 0) is 57.5 Å². The van der Waals surface area contributed by atoms with Gasteiger partial charge < -0.3 is 28.1 Å². The molecule has 9 heteroatoms. The minimum atomic E-state index is -2.48. The van der Waals surface area contributed by atoms with Gasteiger partial charge in [-0.05, 0) is 42.4 Å². The van der Waals surface area contributed by atoms with E-state index in [0.717, 1.165) is 16.7 Å². The minimum Gasteiger partial charge on any atom is -0.452 e. The van der Waals surface area contributed by atoms with Crippen molar-refractivity contribution in [3.8, 4) is 0 Å². The van der Waals surface area contributed by atoms with Crippen LogP contribution < -0.4 is 0 Å². The molecule has 0 amide bonds. The number of esters is 2. The second-order valence-electron chi connectivity index (χ2n) is 11.7. The van der Waals surface area contributed by atoms with Crippen LogP contribution in [0.5, 0.6) is 0 Å². The molecule has 226 valence electrons. The van der Waals surface area contributed by atoms with Gasteiger partial charge in [0.1, 0.15) is 6.10 Å². The molecular formula is C34H38O8Si. The zero-order valence-electron chi connectivity index (χ0n) is 24.8. The van der Waals surface area contributed by atoms with Crippen molar-refractivity contribution in [3.63, 3.8) is 0 Å². The molecule has 1 spiro atoms. The van der Waals surface area contributed by atoms with E-state index < -0.39 is 49.8 Å². The lowest BCUT2D eigenvalue weighted by atomic mass is 9.77. The number of carbonyl (C=O) groups is 2. The third kappa shape index (κ3) is 6.36. The standard InChI is InChI=1S/C34H38O8Si/c1-5-28-33(42-43(2,3)4,24-37-21-25-15-9-6-10-16-25)34(32(36)40-28)30(39-23-27-19-13-8-14-20-27)29(31(35)41-34)38-22-26-17-11-7-12-18-26/h5-20,28-30H,1,21-24H2,2-4H3/t28-,29-,30-,33+,34+/m1/s1. The number of rotatable bonds is 13. The van der Waals surface area contributed by atoms with Crippen LogP contribution in [0.3, 0.4) is 0 Å². The second kappa shape index (κ2) is 12.9. The normalized spacial score (nSPS) is 26.8. The zero-order valence-corrected chi connectivity index (χ0v) is 25.8. The molecule has 2 fully saturated rings. The van der Waals surface area contributed by atoms with Crippen molar-refractivity contribution in [2.24, 2.45) is 0 Å². The van der Waals surface area contributed by atoms with E-state index in [1.807, 2.05) is 111 Å². The number of cyclic esters (lactones) is 1. The highest BCUT2D eigenvalue weighted by atomic mass is 28.4. The SMILES string of the molecule is C=C[C@H]1OC(=O)[C@]2(OC(=O)[C@H](OCc3ccccc3)[C@H]2OCc2ccccc2)[C@@]1(COCc1ccccc1)O[Si](C)(C)C. The summed E-state index contributed by atoms with van der Waals surface area (Å²) in [5.41, 5.74) is -0.970. The predicted octanol–water partition coefficient (Wildman–Crippen LogP) is 5.37. The van der Waals surface area contributed by atoms with Crippen LogP contribution in [-0.4, -0.2) is 56.4 Å². The van der Waals surface area contributed by atoms with Gasteiger partial charge in [-0.1, -0.05) is 97.6 Å². The highest BCUT2D eigenvalue weighted by Crippen LogP contribution is 2.52. The van der Waals surface area contributed by atoms with Crippen LogP contribution in [0.25, 0.3) is 0 Å². The van der Waals surface area contributed by atoms with Crippen molar-refractivity contribution in [2.45, 2.75) is 69.0 Å². The maximum atomic E-state index is 14.1. The lowest BCUT2D eigenvalue weighted by Gasteiger charge is -2.45. The summed E-state index contributed by atoms with van der Waals surface area (Å²) in [5, 5.41) is 0. The third-order valence-electron chi connectivity index (χ3n) is 7.47. The Morgan fingerprint density at radius 3 is 1.81 bits per heavy atom. The van der Waals surface area contributed by atoms with Crippen molar-refractivity contribution in [3.05, 3.63) is 120 Å². The average Bonchev–Trinajstić information content (AvgIpc) is 3.41. The molecule has 2 aliphatic rings. The summed E-state index contributed by atoms with van der Waals surface area (Å²) in [6.45, 7) is 10.2. The monoisotopic (exact) mass is 602 g/mol. The Morgan fingerprint density at radius 1 is 0.791 bits per heavy atom. The van der Waals surface area contributed by atoms with Crippen molar-refractivity contribution < 1.29 is 37.7 Å². The lowest BCUT2D eigenvalue weighted by Crippen LogP contribution is -2.70. The summed E-state index contributed by atoms with van der Waals surface area (Å²) >= 11 is 0. The van der Waals surface area contributed by atoms with Gasteiger partial charge in [-0.3, -0.25) is 0 Å². The molecule has 0 N–H and O–H groups in total. The molecule has 2 heterocycles. The number of carbonyl (C=O) groups excluding carboxylic acids is 2. The van der Waals surface area contributed by atoms with E-state index >= 15 is 0 Å². The second-order valence-corrected chi connectivity index (χ2v) is 16.2. The molecule has 0 radical (unpaired) electrons. The minimum absolute atomic E-state index is 0.0923. The van der Waals surface area contributed by atoms with E-state index in [1.165, 1.54) is 6.08 Å². The Morgan fingerprint density at radius 2 is 1.30 bits per heavy atom. The van der Waals surface area contributed by atoms with E-state index in [4.69, 9.17) is 28.1 Å². The molecule has 2 saturated heterocycles. The average molecular weight is 603 g/mol. The molecule has 3 aromatic rings. The summed E-state index contributed by atoms with van der Waals surface area (Å²) in [6.07, 6.45) is -1.93. The first-order valence-corrected chi connectivity index (χ1v) is 17.8. The molecule has 5 rings (SSSR count). The first-order chi connectivity index (χ1) is 20.7. The maximum Gasteiger partial charge on any atom is 0.357 e. The smallest absolute Gasteiger partial charge is 0.357 e. The number of hydrogen-bond acceptors (Lipinski definition) is 8. The highest BCUT2D eigenvalue weighted by molar-refractivity contribution is 6.69. The quantitative estimate of drug-likeness (QED) is 0.147. The molecule has 43 heavy (non-hydrogen) atoms. The predicted molar refractivity (Wildman–Crippen MR) is 162 cm³/mol.